The molecule has 3 aliphatic heterocycles. The third kappa shape index (κ3) is 11.1. The highest BCUT2D eigenvalue weighted by atomic mass is 19.1. The second kappa shape index (κ2) is 22.4. The molecule has 9 rings (SSSR count). The van der Waals surface area contributed by atoms with E-state index in [-0.39, 0.29) is 56.6 Å². The molecule has 2 aliphatic carbocycles. The number of nitrogens with one attached hydrogen (secondary N) is 6. The van der Waals surface area contributed by atoms with Crippen LogP contribution in [0.4, 0.5) is 4.39 Å². The number of hydrogen-bond donors (Lipinski definition) is 6. The molecule has 0 unspecified atom stereocenters. The number of hydrogen-bond acceptors (Lipinski definition) is 13. The van der Waals surface area contributed by atoms with Crippen LogP contribution in [-0.2, 0) is 78.6 Å². The Hall–Kier alpha value is -8.14. The number of halogens is 1. The van der Waals surface area contributed by atoms with Crippen LogP contribution in [0.15, 0.2) is 59.4 Å². The van der Waals surface area contributed by atoms with Crippen molar-refractivity contribution in [3.05, 3.63) is 110 Å². The number of carbonyl (C=O) groups excluding carboxylic acids is 9. The standard InChI is InChI=1S/C54H58FN9O12/c1-3-31-33-21-40-49-34(26-64(40)51(72)35(33)27-75-52(31)73)48-37(14-13-32-29(2)36(55)22-38(61-49)47(32)48)62-53(74)54(17-18-54)76-28-59-43(67)24-58-50(71)39(20-30-10-6-4-7-11-30)60-44(68)25-57-42(66)23-56-41(65)12-8-5-9-19-63-45(69)15-16-46(63)70/h4,6-7,10-11,15-16,21-22,31,37,39H,3,5,8-9,12-14,17-20,23-28H2,1-2H3,(H,56,65)(H,57,66)(H,58,71)(H,59,67)(H,60,68)(H,62,74)/t31-,37+,39+/m1/s1. The van der Waals surface area contributed by atoms with Crippen molar-refractivity contribution >= 4 is 64.1 Å². The molecule has 0 bridgehead atoms. The van der Waals surface area contributed by atoms with E-state index in [4.69, 9.17) is 14.5 Å². The normalized spacial score (nSPS) is 17.7. The first-order valence-electron chi connectivity index (χ1n) is 25.5. The fraction of sp³-hybridized carbons (Fsp3) is 0.426. The molecule has 2 aromatic heterocycles. The maximum atomic E-state index is 15.5. The molecule has 21 nitrogen and oxygen atoms in total. The van der Waals surface area contributed by atoms with E-state index in [0.29, 0.717) is 101 Å². The molecule has 22 heteroatoms. The van der Waals surface area contributed by atoms with Gasteiger partial charge in [-0.3, -0.25) is 52.8 Å². The third-order valence-corrected chi connectivity index (χ3v) is 14.7. The number of carbonyl (C=O) groups is 9. The Morgan fingerprint density at radius 2 is 1.57 bits per heavy atom. The number of ether oxygens (including phenoxy) is 2. The van der Waals surface area contributed by atoms with Gasteiger partial charge in [0.15, 0.2) is 0 Å². The predicted octanol–water partition coefficient (Wildman–Crippen LogP) is 1.71. The lowest BCUT2D eigenvalue weighted by Gasteiger charge is -2.31. The number of nitrogens with zero attached hydrogens (tertiary/aromatic N) is 3. The second-order valence-electron chi connectivity index (χ2n) is 19.6. The van der Waals surface area contributed by atoms with Gasteiger partial charge in [-0.15, -0.1) is 0 Å². The Balaban J connectivity index is 0.762. The molecule has 0 radical (unpaired) electrons. The molecule has 0 saturated heterocycles. The maximum absolute atomic E-state index is 15.5. The lowest BCUT2D eigenvalue weighted by atomic mass is 9.81. The number of amides is 8. The summed E-state index contributed by atoms with van der Waals surface area (Å²) in [6.07, 6.45) is 6.16. The van der Waals surface area contributed by atoms with Crippen LogP contribution in [0, 0.1) is 12.7 Å². The van der Waals surface area contributed by atoms with E-state index < -0.39 is 90.5 Å². The van der Waals surface area contributed by atoms with Crippen LogP contribution in [0.2, 0.25) is 0 Å². The number of unbranched alkanes of at least 4 members (excludes halogenated alkanes) is 2. The largest absolute Gasteiger partial charge is 0.460 e. The number of rotatable bonds is 22. The summed E-state index contributed by atoms with van der Waals surface area (Å²) in [5.41, 5.74) is 4.20. The van der Waals surface area contributed by atoms with Gasteiger partial charge in [-0.2, -0.15) is 0 Å². The zero-order chi connectivity index (χ0) is 53.8. The summed E-state index contributed by atoms with van der Waals surface area (Å²) < 4.78 is 28.4. The Bertz CT molecular complexity index is 3150. The van der Waals surface area contributed by atoms with Gasteiger partial charge >= 0.3 is 5.97 Å². The Labute approximate surface area is 435 Å². The molecule has 5 aliphatic rings. The van der Waals surface area contributed by atoms with E-state index in [1.807, 2.05) is 13.0 Å². The van der Waals surface area contributed by atoms with E-state index in [2.05, 4.69) is 31.9 Å². The molecular formula is C54H58FN9O12. The van der Waals surface area contributed by atoms with Crippen molar-refractivity contribution in [3.63, 3.8) is 0 Å². The number of benzene rings is 2. The number of fused-ring (bicyclic) bond motifs is 5. The van der Waals surface area contributed by atoms with Crippen LogP contribution in [0.5, 0.6) is 0 Å². The minimum atomic E-state index is -1.27. The lowest BCUT2D eigenvalue weighted by Crippen LogP contribution is -2.52. The highest BCUT2D eigenvalue weighted by Crippen LogP contribution is 2.47. The summed E-state index contributed by atoms with van der Waals surface area (Å²) in [5, 5.41) is 16.5. The van der Waals surface area contributed by atoms with Gasteiger partial charge in [0.1, 0.15) is 30.8 Å². The van der Waals surface area contributed by atoms with Crippen LogP contribution in [0.3, 0.4) is 0 Å². The molecular weight excluding hydrogens is 986 g/mol. The molecule has 0 spiro atoms. The highest BCUT2D eigenvalue weighted by molar-refractivity contribution is 6.12. The van der Waals surface area contributed by atoms with Crippen LogP contribution >= 0.6 is 0 Å². The van der Waals surface area contributed by atoms with Crippen molar-refractivity contribution in [2.45, 2.75) is 115 Å². The van der Waals surface area contributed by atoms with Crippen LogP contribution in [0.1, 0.15) is 109 Å². The molecule has 5 heterocycles. The molecule has 1 fully saturated rings. The topological polar surface area (TPSA) is 282 Å². The fourth-order valence-corrected chi connectivity index (χ4v) is 10.4. The van der Waals surface area contributed by atoms with Crippen molar-refractivity contribution in [1.82, 2.24) is 46.4 Å². The van der Waals surface area contributed by atoms with E-state index >= 15 is 4.39 Å². The van der Waals surface area contributed by atoms with Gasteiger partial charge in [0, 0.05) is 48.6 Å². The van der Waals surface area contributed by atoms with Crippen molar-refractivity contribution in [3.8, 4) is 11.4 Å². The summed E-state index contributed by atoms with van der Waals surface area (Å²) in [5.74, 6) is -5.67. The third-order valence-electron chi connectivity index (χ3n) is 14.7. The molecule has 1 saturated carbocycles. The first-order valence-corrected chi connectivity index (χ1v) is 25.5. The van der Waals surface area contributed by atoms with Gasteiger partial charge in [-0.05, 0) is 85.8 Å². The number of aryl methyl sites for hydroxylation is 1. The van der Waals surface area contributed by atoms with Crippen LogP contribution in [-0.4, -0.2) is 112 Å². The minimum Gasteiger partial charge on any atom is -0.460 e. The summed E-state index contributed by atoms with van der Waals surface area (Å²) in [7, 11) is 0. The first-order chi connectivity index (χ1) is 36.5. The number of cyclic esters (lactones) is 1. The molecule has 8 amide bonds. The summed E-state index contributed by atoms with van der Waals surface area (Å²) in [4.78, 5) is 135. The maximum Gasteiger partial charge on any atom is 0.313 e. The number of aromatic nitrogens is 2. The van der Waals surface area contributed by atoms with Gasteiger partial charge in [0.2, 0.25) is 29.5 Å². The minimum absolute atomic E-state index is 0.0491. The van der Waals surface area contributed by atoms with Gasteiger partial charge < -0.3 is 45.9 Å². The highest BCUT2D eigenvalue weighted by Gasteiger charge is 2.52. The fourth-order valence-electron chi connectivity index (χ4n) is 10.4. The van der Waals surface area contributed by atoms with Crippen molar-refractivity contribution in [2.75, 3.05) is 32.9 Å². The van der Waals surface area contributed by atoms with E-state index in [1.165, 1.54) is 18.2 Å². The Morgan fingerprint density at radius 1 is 0.855 bits per heavy atom. The summed E-state index contributed by atoms with van der Waals surface area (Å²) >= 11 is 0. The van der Waals surface area contributed by atoms with Crippen LogP contribution < -0.4 is 37.5 Å². The van der Waals surface area contributed by atoms with E-state index in [1.54, 1.807) is 41.8 Å². The molecule has 398 valence electrons. The van der Waals surface area contributed by atoms with Gasteiger partial charge in [0.25, 0.3) is 23.3 Å². The van der Waals surface area contributed by atoms with Crippen molar-refractivity contribution in [2.24, 2.45) is 0 Å². The zero-order valence-electron chi connectivity index (χ0n) is 42.1. The molecule has 6 N–H and O–H groups in total. The van der Waals surface area contributed by atoms with E-state index in [9.17, 15) is 47.9 Å². The number of pyridine rings is 2. The molecule has 3 atom stereocenters. The average Bonchev–Trinajstić information content (AvgIpc) is 4.04. The molecule has 4 aromatic rings. The monoisotopic (exact) mass is 1040 g/mol. The van der Waals surface area contributed by atoms with Gasteiger partial charge in [0.05, 0.1) is 60.6 Å². The van der Waals surface area contributed by atoms with Crippen molar-refractivity contribution < 1.29 is 57.0 Å². The smallest absolute Gasteiger partial charge is 0.313 e. The summed E-state index contributed by atoms with van der Waals surface area (Å²) in [6.45, 7) is 2.03. The second-order valence-corrected chi connectivity index (χ2v) is 19.6. The SMILES string of the molecule is CC[C@H]1C(=O)OCc2c1cc1n(c2=O)Cc2c-1nc1cc(F)c(C)c3c1c2[C@@H](NC(=O)C1(OCNC(=O)CNC(=O)[C@H](Cc2ccccc2)NC(=O)CNC(=O)CNC(=O)CCCCCN2C(=O)C=CC2=O)CC1)CC3. The Kier molecular flexibility index (Phi) is 15.5. The Morgan fingerprint density at radius 3 is 2.30 bits per heavy atom. The first kappa shape index (κ1) is 52.7. The average molecular weight is 1040 g/mol. The quantitative estimate of drug-likeness (QED) is 0.0250. The predicted molar refractivity (Wildman–Crippen MR) is 269 cm³/mol. The molecule has 2 aromatic carbocycles. The number of imide groups is 1. The van der Waals surface area contributed by atoms with Crippen LogP contribution in [0.25, 0.3) is 22.3 Å². The zero-order valence-corrected chi connectivity index (χ0v) is 42.1. The summed E-state index contributed by atoms with van der Waals surface area (Å²) in [6, 6.07) is 10.3. The molecule has 76 heavy (non-hydrogen) atoms. The van der Waals surface area contributed by atoms with Gasteiger partial charge in [-0.1, -0.05) is 43.7 Å². The number of esters is 1. The lowest BCUT2D eigenvalue weighted by molar-refractivity contribution is -0.148. The van der Waals surface area contributed by atoms with Crippen molar-refractivity contribution in [1.29, 1.82) is 0 Å². The van der Waals surface area contributed by atoms with E-state index in [0.717, 1.165) is 16.0 Å². The van der Waals surface area contributed by atoms with Gasteiger partial charge in [-0.25, -0.2) is 9.37 Å².